The smallest absolute Gasteiger partial charge is 0.168 e. The molecule has 2 N–H and O–H groups in total. The molecular formula is C14H21NO2. The van der Waals surface area contributed by atoms with Crippen LogP contribution < -0.4 is 10.5 Å². The monoisotopic (exact) mass is 235 g/mol. The first-order chi connectivity index (χ1) is 7.71. The highest BCUT2D eigenvalue weighted by Crippen LogP contribution is 2.27. The van der Waals surface area contributed by atoms with Gasteiger partial charge in [-0.05, 0) is 32.0 Å². The molecule has 0 saturated heterocycles. The second-order valence-electron chi connectivity index (χ2n) is 5.50. The number of carbonyl (C=O) groups is 1. The molecule has 3 heteroatoms. The van der Waals surface area contributed by atoms with Crippen LogP contribution in [0.2, 0.25) is 0 Å². The number of rotatable bonds is 3. The van der Waals surface area contributed by atoms with Crippen LogP contribution in [0.15, 0.2) is 18.2 Å². The van der Waals surface area contributed by atoms with Gasteiger partial charge in [-0.2, -0.15) is 0 Å². The molecule has 17 heavy (non-hydrogen) atoms. The molecule has 1 aromatic carbocycles. The van der Waals surface area contributed by atoms with Gasteiger partial charge < -0.3 is 10.5 Å². The van der Waals surface area contributed by atoms with Crippen molar-refractivity contribution in [3.05, 3.63) is 23.8 Å². The summed E-state index contributed by atoms with van der Waals surface area (Å²) in [5.74, 6) is 0.714. The van der Waals surface area contributed by atoms with Crippen LogP contribution in [0, 0.1) is 5.41 Å². The third-order valence-corrected chi connectivity index (χ3v) is 2.32. The van der Waals surface area contributed by atoms with E-state index in [1.165, 1.54) is 0 Å². The Balaban J connectivity index is 3.01. The Hall–Kier alpha value is -1.51. The van der Waals surface area contributed by atoms with Gasteiger partial charge in [-0.15, -0.1) is 0 Å². The number of nitrogen functional groups attached to an aromatic ring is 1. The minimum atomic E-state index is -0.396. The quantitative estimate of drug-likeness (QED) is 0.646. The minimum absolute atomic E-state index is 0.0708. The number of carbonyl (C=O) groups excluding carboxylic acids is 1. The van der Waals surface area contributed by atoms with Crippen LogP contribution in [-0.2, 0) is 0 Å². The van der Waals surface area contributed by atoms with Gasteiger partial charge in [-0.3, -0.25) is 4.79 Å². The van der Waals surface area contributed by atoms with Gasteiger partial charge in [0.2, 0.25) is 0 Å². The van der Waals surface area contributed by atoms with Gasteiger partial charge in [0.1, 0.15) is 5.75 Å². The fourth-order valence-corrected chi connectivity index (χ4v) is 1.48. The van der Waals surface area contributed by atoms with E-state index in [2.05, 4.69) is 0 Å². The molecule has 0 aromatic heterocycles. The summed E-state index contributed by atoms with van der Waals surface area (Å²) in [6.45, 7) is 9.56. The summed E-state index contributed by atoms with van der Waals surface area (Å²) in [4.78, 5) is 12.1. The largest absolute Gasteiger partial charge is 0.489 e. The lowest BCUT2D eigenvalue weighted by Gasteiger charge is -2.18. The molecular weight excluding hydrogens is 214 g/mol. The maximum absolute atomic E-state index is 12.1. The number of hydrogen-bond donors (Lipinski definition) is 1. The summed E-state index contributed by atoms with van der Waals surface area (Å²) in [5.41, 5.74) is 6.62. The summed E-state index contributed by atoms with van der Waals surface area (Å²) in [5, 5.41) is 0. The number of ketones is 1. The van der Waals surface area contributed by atoms with Crippen molar-refractivity contribution in [1.29, 1.82) is 0 Å². The van der Waals surface area contributed by atoms with E-state index >= 15 is 0 Å². The first-order valence-corrected chi connectivity index (χ1v) is 5.83. The predicted octanol–water partition coefficient (Wildman–Crippen LogP) is 3.28. The van der Waals surface area contributed by atoms with Crippen LogP contribution in [0.1, 0.15) is 45.0 Å². The van der Waals surface area contributed by atoms with Gasteiger partial charge in [-0.1, -0.05) is 20.8 Å². The topological polar surface area (TPSA) is 52.3 Å². The molecule has 0 aliphatic carbocycles. The van der Waals surface area contributed by atoms with E-state index in [-0.39, 0.29) is 11.9 Å². The lowest BCUT2D eigenvalue weighted by Crippen LogP contribution is -2.20. The Morgan fingerprint density at radius 2 is 1.88 bits per heavy atom. The third-order valence-electron chi connectivity index (χ3n) is 2.32. The normalized spacial score (nSPS) is 11.6. The number of ether oxygens (including phenoxy) is 1. The maximum atomic E-state index is 12.1. The molecule has 0 atom stereocenters. The van der Waals surface area contributed by atoms with Gasteiger partial charge >= 0.3 is 0 Å². The van der Waals surface area contributed by atoms with E-state index in [4.69, 9.17) is 10.5 Å². The molecule has 0 radical (unpaired) electrons. The number of nitrogens with two attached hydrogens (primary N) is 1. The van der Waals surface area contributed by atoms with E-state index in [9.17, 15) is 4.79 Å². The summed E-state index contributed by atoms with van der Waals surface area (Å²) in [6.07, 6.45) is 0.0708. The van der Waals surface area contributed by atoms with Crippen LogP contribution >= 0.6 is 0 Å². The molecule has 94 valence electrons. The van der Waals surface area contributed by atoms with E-state index in [1.54, 1.807) is 18.2 Å². The lowest BCUT2D eigenvalue weighted by atomic mass is 9.86. The fraction of sp³-hybridized carbons (Fsp3) is 0.500. The molecule has 0 unspecified atom stereocenters. The molecule has 0 aliphatic rings. The van der Waals surface area contributed by atoms with Crippen molar-refractivity contribution in [1.82, 2.24) is 0 Å². The van der Waals surface area contributed by atoms with Gasteiger partial charge in [0, 0.05) is 11.0 Å². The highest BCUT2D eigenvalue weighted by Gasteiger charge is 2.23. The summed E-state index contributed by atoms with van der Waals surface area (Å²) in [7, 11) is 0. The molecule has 3 nitrogen and oxygen atoms in total. The SMILES string of the molecule is CC(C)Oc1ccc(C(=O)C(C)(C)C)cc1N. The Labute approximate surface area is 103 Å². The second-order valence-corrected chi connectivity index (χ2v) is 5.50. The van der Waals surface area contributed by atoms with Gasteiger partial charge in [-0.25, -0.2) is 0 Å². The van der Waals surface area contributed by atoms with Gasteiger partial charge in [0.15, 0.2) is 5.78 Å². The van der Waals surface area contributed by atoms with Gasteiger partial charge in [0.25, 0.3) is 0 Å². The van der Waals surface area contributed by atoms with Crippen LogP contribution in [0.25, 0.3) is 0 Å². The van der Waals surface area contributed by atoms with Crippen molar-refractivity contribution in [2.24, 2.45) is 5.41 Å². The lowest BCUT2D eigenvalue weighted by molar-refractivity contribution is 0.0858. The first kappa shape index (κ1) is 13.6. The molecule has 1 rings (SSSR count). The van der Waals surface area contributed by atoms with Crippen molar-refractivity contribution >= 4 is 11.5 Å². The Kier molecular flexibility index (Phi) is 3.81. The highest BCUT2D eigenvalue weighted by molar-refractivity contribution is 6.00. The average molecular weight is 235 g/mol. The zero-order valence-electron chi connectivity index (χ0n) is 11.2. The van der Waals surface area contributed by atoms with Crippen molar-refractivity contribution in [3.8, 4) is 5.75 Å². The van der Waals surface area contributed by atoms with Crippen LogP contribution in [0.4, 0.5) is 5.69 Å². The van der Waals surface area contributed by atoms with Crippen LogP contribution in [0.3, 0.4) is 0 Å². The summed E-state index contributed by atoms with van der Waals surface area (Å²) in [6, 6.07) is 5.21. The number of Topliss-reactive ketones (excluding diaryl/α,β-unsaturated/α-hetero) is 1. The summed E-state index contributed by atoms with van der Waals surface area (Å²) >= 11 is 0. The van der Waals surface area contributed by atoms with E-state index in [0.29, 0.717) is 17.0 Å². The molecule has 0 fully saturated rings. The molecule has 0 amide bonds. The molecule has 0 heterocycles. The Morgan fingerprint density at radius 3 is 2.29 bits per heavy atom. The number of benzene rings is 1. The number of anilines is 1. The second kappa shape index (κ2) is 4.78. The Bertz CT molecular complexity index is 417. The van der Waals surface area contributed by atoms with Crippen LogP contribution in [0.5, 0.6) is 5.75 Å². The van der Waals surface area contributed by atoms with Gasteiger partial charge in [0.05, 0.1) is 11.8 Å². The first-order valence-electron chi connectivity index (χ1n) is 5.83. The highest BCUT2D eigenvalue weighted by atomic mass is 16.5. The minimum Gasteiger partial charge on any atom is -0.489 e. The van der Waals surface area contributed by atoms with E-state index < -0.39 is 5.41 Å². The average Bonchev–Trinajstić information content (AvgIpc) is 2.18. The fourth-order valence-electron chi connectivity index (χ4n) is 1.48. The van der Waals surface area contributed by atoms with Crippen molar-refractivity contribution in [3.63, 3.8) is 0 Å². The molecule has 1 aromatic rings. The zero-order chi connectivity index (χ0) is 13.2. The van der Waals surface area contributed by atoms with E-state index in [1.807, 2.05) is 34.6 Å². The molecule has 0 saturated carbocycles. The Morgan fingerprint density at radius 1 is 1.29 bits per heavy atom. The number of hydrogen-bond acceptors (Lipinski definition) is 3. The zero-order valence-corrected chi connectivity index (χ0v) is 11.2. The van der Waals surface area contributed by atoms with Crippen molar-refractivity contribution in [2.75, 3.05) is 5.73 Å². The standard InChI is InChI=1S/C14H21NO2/c1-9(2)17-12-7-6-10(8-11(12)15)13(16)14(3,4)5/h6-9H,15H2,1-5H3. The molecule has 0 bridgehead atoms. The third kappa shape index (κ3) is 3.48. The van der Waals surface area contributed by atoms with Crippen LogP contribution in [-0.4, -0.2) is 11.9 Å². The predicted molar refractivity (Wildman–Crippen MR) is 70.4 cm³/mol. The van der Waals surface area contributed by atoms with E-state index in [0.717, 1.165) is 0 Å². The van der Waals surface area contributed by atoms with Crippen molar-refractivity contribution in [2.45, 2.75) is 40.7 Å². The molecule has 0 spiro atoms. The van der Waals surface area contributed by atoms with Crippen molar-refractivity contribution < 1.29 is 9.53 Å². The summed E-state index contributed by atoms with van der Waals surface area (Å²) < 4.78 is 5.53. The molecule has 0 aliphatic heterocycles. The maximum Gasteiger partial charge on any atom is 0.168 e.